The summed E-state index contributed by atoms with van der Waals surface area (Å²) in [5, 5.41) is 14.8. The van der Waals surface area contributed by atoms with Crippen molar-refractivity contribution in [1.82, 2.24) is 30.0 Å². The number of piperazine rings is 2. The Labute approximate surface area is 273 Å². The highest BCUT2D eigenvalue weighted by atomic mass is 19.1. The first-order valence-corrected chi connectivity index (χ1v) is 16.4. The topological polar surface area (TPSA) is 113 Å². The quantitative estimate of drug-likeness (QED) is 0.279. The lowest BCUT2D eigenvalue weighted by Crippen LogP contribution is -2.49. The molecule has 0 radical (unpaired) electrons. The molecule has 14 heteroatoms. The fraction of sp³-hybridized carbons (Fsp3) is 0.412. The molecule has 5 heterocycles. The summed E-state index contributed by atoms with van der Waals surface area (Å²) < 4.78 is 56.5. The van der Waals surface area contributed by atoms with Crippen LogP contribution in [-0.2, 0) is 6.54 Å². The third-order valence-corrected chi connectivity index (χ3v) is 9.64. The summed E-state index contributed by atoms with van der Waals surface area (Å²) in [6, 6.07) is 4.26. The number of hydrogen-bond donors (Lipinski definition) is 2. The van der Waals surface area contributed by atoms with Crippen LogP contribution in [0.2, 0.25) is 0 Å². The van der Waals surface area contributed by atoms with Gasteiger partial charge in [-0.2, -0.15) is 0 Å². The number of aromatic nitrogens is 4. The predicted octanol–water partition coefficient (Wildman–Crippen LogP) is 4.01. The predicted molar refractivity (Wildman–Crippen MR) is 177 cm³/mol. The minimum atomic E-state index is -0.832. The number of aryl methyl sites for hydroxylation is 1. The van der Waals surface area contributed by atoms with Crippen molar-refractivity contribution in [2.75, 3.05) is 55.6 Å². The highest BCUT2D eigenvalue weighted by Gasteiger charge is 2.30. The molecule has 3 aliphatic rings. The number of pyridine rings is 2. The molecule has 48 heavy (non-hydrogen) atoms. The van der Waals surface area contributed by atoms with Crippen molar-refractivity contribution in [3.63, 3.8) is 0 Å². The van der Waals surface area contributed by atoms with E-state index in [1.54, 1.807) is 24.1 Å². The molecule has 0 amide bonds. The lowest BCUT2D eigenvalue weighted by atomic mass is 10.1. The Morgan fingerprint density at radius 3 is 2.23 bits per heavy atom. The Balaban J connectivity index is 1.22. The third kappa shape index (κ3) is 5.05. The molecule has 0 spiro atoms. The van der Waals surface area contributed by atoms with E-state index < -0.39 is 28.3 Å². The van der Waals surface area contributed by atoms with Gasteiger partial charge < -0.3 is 34.0 Å². The third-order valence-electron chi connectivity index (χ3n) is 9.64. The van der Waals surface area contributed by atoms with Gasteiger partial charge in [0.05, 0.1) is 22.1 Å². The summed E-state index contributed by atoms with van der Waals surface area (Å²) >= 11 is 0. The van der Waals surface area contributed by atoms with Gasteiger partial charge in [0.2, 0.25) is 10.9 Å². The first kappa shape index (κ1) is 30.6. The monoisotopic (exact) mass is 660 g/mol. The number of rotatable bonds is 6. The van der Waals surface area contributed by atoms with E-state index in [1.165, 1.54) is 16.8 Å². The molecule has 2 aromatic carbocycles. The van der Waals surface area contributed by atoms with E-state index in [0.717, 1.165) is 32.0 Å². The van der Waals surface area contributed by atoms with E-state index in [-0.39, 0.29) is 63.5 Å². The van der Waals surface area contributed by atoms with E-state index in [1.807, 2.05) is 16.4 Å². The van der Waals surface area contributed by atoms with Gasteiger partial charge in [-0.05, 0) is 44.9 Å². The lowest BCUT2D eigenvalue weighted by molar-refractivity contribution is 0.470. The number of benzene rings is 2. The first-order valence-electron chi connectivity index (χ1n) is 16.4. The second-order valence-electron chi connectivity index (χ2n) is 12.9. The van der Waals surface area contributed by atoms with Gasteiger partial charge in [-0.3, -0.25) is 9.59 Å². The van der Waals surface area contributed by atoms with Crippen LogP contribution in [0.4, 0.5) is 24.5 Å². The van der Waals surface area contributed by atoms with E-state index in [9.17, 15) is 9.59 Å². The molecule has 1 unspecified atom stereocenters. The zero-order valence-corrected chi connectivity index (χ0v) is 26.7. The molecule has 11 nitrogen and oxygen atoms in total. The van der Waals surface area contributed by atoms with Crippen molar-refractivity contribution in [3.8, 4) is 22.9 Å². The van der Waals surface area contributed by atoms with Crippen LogP contribution in [0.3, 0.4) is 0 Å². The van der Waals surface area contributed by atoms with Gasteiger partial charge in [0.15, 0.2) is 5.82 Å². The molecule has 3 fully saturated rings. The van der Waals surface area contributed by atoms with Crippen LogP contribution in [0.5, 0.6) is 0 Å². The van der Waals surface area contributed by atoms with Crippen LogP contribution >= 0.6 is 0 Å². The molecule has 250 valence electrons. The van der Waals surface area contributed by atoms with Gasteiger partial charge in [0.25, 0.3) is 11.8 Å². The minimum Gasteiger partial charge on any atom is -0.416 e. The molecule has 5 aromatic rings. The fourth-order valence-corrected chi connectivity index (χ4v) is 7.06. The Morgan fingerprint density at radius 2 is 1.54 bits per heavy atom. The van der Waals surface area contributed by atoms with Gasteiger partial charge in [-0.15, -0.1) is 10.2 Å². The van der Waals surface area contributed by atoms with Gasteiger partial charge in [0.1, 0.15) is 28.4 Å². The smallest absolute Gasteiger partial charge is 0.253 e. The van der Waals surface area contributed by atoms with Crippen LogP contribution in [0.15, 0.2) is 44.6 Å². The van der Waals surface area contributed by atoms with Crippen molar-refractivity contribution >= 4 is 33.2 Å². The SMILES string of the molecule is CCn1cc(-c2nnc(-c3cn(C4CC4)c4cc(N5CCNCC5)c(F)cc4c3=O)o2)c(=O)c2cc(F)c(N3CCNC(C)C3)c(F)c21. The van der Waals surface area contributed by atoms with Crippen molar-refractivity contribution in [2.45, 2.75) is 45.3 Å². The van der Waals surface area contributed by atoms with Crippen LogP contribution in [0, 0.1) is 17.5 Å². The second-order valence-corrected chi connectivity index (χ2v) is 12.9. The Bertz CT molecular complexity index is 2200. The van der Waals surface area contributed by atoms with Crippen LogP contribution in [-0.4, -0.2) is 71.2 Å². The highest BCUT2D eigenvalue weighted by Crippen LogP contribution is 2.39. The van der Waals surface area contributed by atoms with Gasteiger partial charge >= 0.3 is 0 Å². The molecule has 2 saturated heterocycles. The number of nitrogens with zero attached hydrogens (tertiary/aromatic N) is 6. The number of hydrogen-bond acceptors (Lipinski definition) is 9. The molecule has 0 bridgehead atoms. The van der Waals surface area contributed by atoms with E-state index in [0.29, 0.717) is 43.9 Å². The Kier molecular flexibility index (Phi) is 7.51. The minimum absolute atomic E-state index is 0.0161. The molecule has 8 rings (SSSR count). The van der Waals surface area contributed by atoms with Crippen molar-refractivity contribution < 1.29 is 17.6 Å². The van der Waals surface area contributed by atoms with E-state index in [4.69, 9.17) is 4.42 Å². The summed E-state index contributed by atoms with van der Waals surface area (Å²) in [5.41, 5.74) is -0.239. The normalized spacial score (nSPS) is 18.7. The standard InChI is InChI=1S/C34H35F3N8O3/c1-3-42-16-22(32(47)21-13-25(36)30(28(37)29(21)42)44-11-8-39-18(2)15-44)33-40-41-34(48-33)23-17-45(19-4-5-19)26-14-27(43-9-6-38-7-10-43)24(35)12-20(26)31(23)46/h12-14,16-19,38-39H,3-11,15H2,1-2H3. The largest absolute Gasteiger partial charge is 0.416 e. The maximum absolute atomic E-state index is 16.1. The maximum atomic E-state index is 16.1. The van der Waals surface area contributed by atoms with Crippen molar-refractivity contribution in [2.24, 2.45) is 0 Å². The molecule has 2 aliphatic heterocycles. The van der Waals surface area contributed by atoms with Gasteiger partial charge in [0, 0.05) is 82.2 Å². The van der Waals surface area contributed by atoms with Gasteiger partial charge in [-0.25, -0.2) is 13.2 Å². The summed E-state index contributed by atoms with van der Waals surface area (Å²) in [6.07, 6.45) is 4.89. The second kappa shape index (κ2) is 11.8. The summed E-state index contributed by atoms with van der Waals surface area (Å²) in [6.45, 7) is 8.20. The maximum Gasteiger partial charge on any atom is 0.253 e. The molecule has 1 atom stereocenters. The number of halogens is 3. The van der Waals surface area contributed by atoms with Gasteiger partial charge in [-0.1, -0.05) is 0 Å². The Morgan fingerprint density at radius 1 is 0.875 bits per heavy atom. The Hall–Kier alpha value is -4.69. The number of nitrogens with one attached hydrogen (secondary N) is 2. The average Bonchev–Trinajstić information content (AvgIpc) is 3.82. The lowest BCUT2D eigenvalue weighted by Gasteiger charge is -2.34. The molecular weight excluding hydrogens is 625 g/mol. The van der Waals surface area contributed by atoms with Crippen LogP contribution in [0.25, 0.3) is 44.7 Å². The van der Waals surface area contributed by atoms with Crippen molar-refractivity contribution in [3.05, 3.63) is 68.5 Å². The average molecular weight is 661 g/mol. The molecular formula is C34H35F3N8O3. The summed E-state index contributed by atoms with van der Waals surface area (Å²) in [5.74, 6) is -2.46. The van der Waals surface area contributed by atoms with Crippen LogP contribution in [0.1, 0.15) is 32.7 Å². The van der Waals surface area contributed by atoms with Crippen LogP contribution < -0.4 is 31.3 Å². The zero-order valence-electron chi connectivity index (χ0n) is 26.7. The fourth-order valence-electron chi connectivity index (χ4n) is 7.06. The summed E-state index contributed by atoms with van der Waals surface area (Å²) in [7, 11) is 0. The molecule has 2 N–H and O–H groups in total. The zero-order chi connectivity index (χ0) is 33.3. The highest BCUT2D eigenvalue weighted by molar-refractivity contribution is 5.88. The molecule has 3 aromatic heterocycles. The van der Waals surface area contributed by atoms with E-state index >= 15 is 13.2 Å². The number of fused-ring (bicyclic) bond motifs is 2. The molecule has 1 aliphatic carbocycles. The summed E-state index contributed by atoms with van der Waals surface area (Å²) in [4.78, 5) is 31.2. The molecule has 1 saturated carbocycles. The van der Waals surface area contributed by atoms with Crippen molar-refractivity contribution in [1.29, 1.82) is 0 Å². The first-order chi connectivity index (χ1) is 23.2. The number of anilines is 2. The van der Waals surface area contributed by atoms with E-state index in [2.05, 4.69) is 20.8 Å².